The molecule has 0 spiro atoms. The summed E-state index contributed by atoms with van der Waals surface area (Å²) in [6.07, 6.45) is 6.13. The zero-order chi connectivity index (χ0) is 20.6. The molecular weight excluding hydrogens is 350 g/mol. The van der Waals surface area contributed by atoms with Gasteiger partial charge in [-0.2, -0.15) is 0 Å². The number of carbonyl (C=O) groups is 3. The summed E-state index contributed by atoms with van der Waals surface area (Å²) in [5, 5.41) is 9.48. The maximum Gasteiger partial charge on any atom is 0.411 e. The molecule has 1 aliphatic rings. The lowest BCUT2D eigenvalue weighted by Crippen LogP contribution is -2.54. The van der Waals surface area contributed by atoms with Gasteiger partial charge in [0.15, 0.2) is 0 Å². The summed E-state index contributed by atoms with van der Waals surface area (Å²) in [6.45, 7) is 8.36. The fourth-order valence-corrected chi connectivity index (χ4v) is 3.47. The molecule has 1 rings (SSSR count). The molecule has 0 aromatic heterocycles. The van der Waals surface area contributed by atoms with Crippen molar-refractivity contribution >= 4 is 18.0 Å². The maximum absolute atomic E-state index is 12.7. The van der Waals surface area contributed by atoms with Crippen molar-refractivity contribution < 1.29 is 29.0 Å². The molecule has 2 unspecified atom stereocenters. The smallest absolute Gasteiger partial charge is 0.411 e. The Bertz CT molecular complexity index is 507. The molecule has 2 atom stereocenters. The van der Waals surface area contributed by atoms with Crippen LogP contribution in [0.15, 0.2) is 0 Å². The molecule has 0 radical (unpaired) electrons. The molecule has 1 N–H and O–H groups in total. The first-order valence-corrected chi connectivity index (χ1v) is 9.97. The highest BCUT2D eigenvalue weighted by Crippen LogP contribution is 2.29. The molecule has 0 aromatic rings. The number of esters is 1. The average Bonchev–Trinajstić information content (AvgIpc) is 2.57. The van der Waals surface area contributed by atoms with E-state index in [1.54, 1.807) is 27.7 Å². The largest absolute Gasteiger partial charge is 0.480 e. The average molecular weight is 386 g/mol. The molecule has 0 saturated heterocycles. The van der Waals surface area contributed by atoms with Gasteiger partial charge >= 0.3 is 18.0 Å². The predicted molar refractivity (Wildman–Crippen MR) is 101 cm³/mol. The first-order chi connectivity index (χ1) is 12.6. The van der Waals surface area contributed by atoms with Crippen molar-refractivity contribution in [1.82, 2.24) is 4.90 Å². The van der Waals surface area contributed by atoms with Crippen molar-refractivity contribution in [2.24, 2.45) is 5.92 Å². The molecule has 0 aromatic carbocycles. The summed E-state index contributed by atoms with van der Waals surface area (Å²) in [4.78, 5) is 38.0. The first kappa shape index (κ1) is 23.2. The quantitative estimate of drug-likeness (QED) is 0.635. The molecule has 1 saturated carbocycles. The van der Waals surface area contributed by atoms with Gasteiger partial charge in [-0.15, -0.1) is 0 Å². The Balaban J connectivity index is 3.04. The third-order valence-electron chi connectivity index (χ3n) is 4.85. The molecule has 1 aliphatic carbocycles. The summed E-state index contributed by atoms with van der Waals surface area (Å²) in [5.74, 6) is -1.27. The van der Waals surface area contributed by atoms with Crippen LogP contribution in [0.5, 0.6) is 0 Å². The van der Waals surface area contributed by atoms with E-state index in [0.717, 1.165) is 24.2 Å². The van der Waals surface area contributed by atoms with Gasteiger partial charge < -0.3 is 14.6 Å². The SMILES string of the molecule is CCOC(=O)C(CCC1CCCCC1)N(C(=O)OC(C)(C)C)C(C)C(=O)O. The number of aliphatic carboxylic acids is 1. The molecule has 7 heteroatoms. The van der Waals surface area contributed by atoms with E-state index in [9.17, 15) is 19.5 Å². The van der Waals surface area contributed by atoms with E-state index >= 15 is 0 Å². The van der Waals surface area contributed by atoms with Crippen molar-refractivity contribution in [2.45, 2.75) is 97.2 Å². The Morgan fingerprint density at radius 2 is 1.74 bits per heavy atom. The van der Waals surface area contributed by atoms with Gasteiger partial charge in [0, 0.05) is 0 Å². The summed E-state index contributed by atoms with van der Waals surface area (Å²) < 4.78 is 10.5. The number of nitrogens with zero attached hydrogens (tertiary/aromatic N) is 1. The lowest BCUT2D eigenvalue weighted by atomic mass is 9.85. The highest BCUT2D eigenvalue weighted by molar-refractivity contribution is 5.86. The van der Waals surface area contributed by atoms with Crippen LogP contribution in [0.4, 0.5) is 4.79 Å². The van der Waals surface area contributed by atoms with Gasteiger partial charge in [0.05, 0.1) is 6.61 Å². The van der Waals surface area contributed by atoms with Crippen LogP contribution in [0, 0.1) is 5.92 Å². The Morgan fingerprint density at radius 1 is 1.15 bits per heavy atom. The number of amides is 1. The van der Waals surface area contributed by atoms with E-state index in [4.69, 9.17) is 9.47 Å². The predicted octanol–water partition coefficient (Wildman–Crippen LogP) is 3.99. The Morgan fingerprint density at radius 3 is 2.22 bits per heavy atom. The van der Waals surface area contributed by atoms with Gasteiger partial charge in [0.2, 0.25) is 0 Å². The van der Waals surface area contributed by atoms with Crippen molar-refractivity contribution in [1.29, 1.82) is 0 Å². The van der Waals surface area contributed by atoms with Crippen molar-refractivity contribution in [2.75, 3.05) is 6.61 Å². The van der Waals surface area contributed by atoms with E-state index < -0.39 is 35.7 Å². The van der Waals surface area contributed by atoms with E-state index in [1.807, 2.05) is 0 Å². The number of ether oxygens (including phenoxy) is 2. The minimum absolute atomic E-state index is 0.169. The Hall–Kier alpha value is -1.79. The fraction of sp³-hybridized carbons (Fsp3) is 0.850. The monoisotopic (exact) mass is 385 g/mol. The van der Waals surface area contributed by atoms with Crippen LogP contribution in [-0.2, 0) is 19.1 Å². The van der Waals surface area contributed by atoms with Crippen LogP contribution in [0.25, 0.3) is 0 Å². The standard InChI is InChI=1S/C20H35NO6/c1-6-26-18(24)16(13-12-15-10-8-7-9-11-15)21(14(2)17(22)23)19(25)27-20(3,4)5/h14-16H,6-13H2,1-5H3,(H,22,23). The van der Waals surface area contributed by atoms with Gasteiger partial charge in [-0.25, -0.2) is 14.4 Å². The molecule has 27 heavy (non-hydrogen) atoms. The summed E-state index contributed by atoms with van der Waals surface area (Å²) in [7, 11) is 0. The van der Waals surface area contributed by atoms with Crippen LogP contribution in [0.3, 0.4) is 0 Å². The molecule has 0 heterocycles. The van der Waals surface area contributed by atoms with E-state index in [-0.39, 0.29) is 6.61 Å². The summed E-state index contributed by atoms with van der Waals surface area (Å²) in [6, 6.07) is -2.16. The molecule has 1 fully saturated rings. The highest BCUT2D eigenvalue weighted by Gasteiger charge is 2.39. The van der Waals surface area contributed by atoms with Crippen LogP contribution in [-0.4, -0.2) is 52.3 Å². The first-order valence-electron chi connectivity index (χ1n) is 9.97. The Kier molecular flexibility index (Phi) is 9.06. The fourth-order valence-electron chi connectivity index (χ4n) is 3.47. The molecule has 156 valence electrons. The molecule has 7 nitrogen and oxygen atoms in total. The zero-order valence-corrected chi connectivity index (χ0v) is 17.3. The maximum atomic E-state index is 12.7. The number of carboxylic acid groups (broad SMARTS) is 1. The lowest BCUT2D eigenvalue weighted by Gasteiger charge is -2.35. The van der Waals surface area contributed by atoms with E-state index in [2.05, 4.69) is 0 Å². The minimum atomic E-state index is -1.19. The van der Waals surface area contributed by atoms with Gasteiger partial charge in [-0.1, -0.05) is 32.1 Å². The molecular formula is C20H35NO6. The second-order valence-corrected chi connectivity index (χ2v) is 8.25. The second kappa shape index (κ2) is 10.5. The van der Waals surface area contributed by atoms with Crippen molar-refractivity contribution in [3.8, 4) is 0 Å². The number of carboxylic acids is 1. The van der Waals surface area contributed by atoms with Crippen LogP contribution in [0.1, 0.15) is 79.6 Å². The van der Waals surface area contributed by atoms with Crippen LogP contribution >= 0.6 is 0 Å². The van der Waals surface area contributed by atoms with Crippen LogP contribution < -0.4 is 0 Å². The topological polar surface area (TPSA) is 93.1 Å². The lowest BCUT2D eigenvalue weighted by molar-refractivity contribution is -0.154. The molecule has 0 bridgehead atoms. The third-order valence-corrected chi connectivity index (χ3v) is 4.85. The van der Waals surface area contributed by atoms with Gasteiger partial charge in [-0.3, -0.25) is 4.90 Å². The summed E-state index contributed by atoms with van der Waals surface area (Å²) in [5.41, 5.74) is -0.795. The second-order valence-electron chi connectivity index (χ2n) is 8.25. The number of hydrogen-bond donors (Lipinski definition) is 1. The number of rotatable bonds is 8. The molecule has 0 aliphatic heterocycles. The number of hydrogen-bond acceptors (Lipinski definition) is 5. The van der Waals surface area contributed by atoms with Gasteiger partial charge in [0.25, 0.3) is 0 Å². The normalized spacial score (nSPS) is 17.7. The van der Waals surface area contributed by atoms with Crippen molar-refractivity contribution in [3.05, 3.63) is 0 Å². The Labute approximate surface area is 162 Å². The van der Waals surface area contributed by atoms with Gasteiger partial charge in [0.1, 0.15) is 17.7 Å². The summed E-state index contributed by atoms with van der Waals surface area (Å²) >= 11 is 0. The van der Waals surface area contributed by atoms with Crippen LogP contribution in [0.2, 0.25) is 0 Å². The van der Waals surface area contributed by atoms with Gasteiger partial charge in [-0.05, 0) is 53.4 Å². The number of carbonyl (C=O) groups excluding carboxylic acids is 2. The highest BCUT2D eigenvalue weighted by atomic mass is 16.6. The third kappa shape index (κ3) is 7.77. The zero-order valence-electron chi connectivity index (χ0n) is 17.3. The minimum Gasteiger partial charge on any atom is -0.480 e. The van der Waals surface area contributed by atoms with E-state index in [0.29, 0.717) is 12.3 Å². The molecule has 1 amide bonds. The van der Waals surface area contributed by atoms with E-state index in [1.165, 1.54) is 26.2 Å². The van der Waals surface area contributed by atoms with Crippen molar-refractivity contribution in [3.63, 3.8) is 0 Å².